The molecule has 0 fully saturated rings. The predicted octanol–water partition coefficient (Wildman–Crippen LogP) is 1.60. The molecule has 172 valence electrons. The Hall–Kier alpha value is -3.83. The van der Waals surface area contributed by atoms with Crippen molar-refractivity contribution in [2.75, 3.05) is 38.3 Å². The molecule has 3 heterocycles. The number of rotatable bonds is 7. The number of aromatic nitrogens is 4. The van der Waals surface area contributed by atoms with E-state index in [2.05, 4.69) is 35.7 Å². The molecule has 0 spiro atoms. The van der Waals surface area contributed by atoms with E-state index in [1.807, 2.05) is 24.5 Å². The highest BCUT2D eigenvalue weighted by molar-refractivity contribution is 5.97. The second-order valence-electron chi connectivity index (χ2n) is 7.51. The number of hydrogen-bond acceptors (Lipinski definition) is 10. The third-order valence-corrected chi connectivity index (χ3v) is 5.29. The van der Waals surface area contributed by atoms with Gasteiger partial charge in [-0.15, -0.1) is 10.2 Å². The number of carbonyl (C=O) groups excluding carboxylic acids is 1. The normalized spacial score (nSPS) is 14.9. The van der Waals surface area contributed by atoms with E-state index >= 15 is 0 Å². The number of hydrogen-bond donors (Lipinski definition) is 4. The minimum absolute atomic E-state index is 0.0341. The van der Waals surface area contributed by atoms with Gasteiger partial charge in [0.25, 0.3) is 5.91 Å². The molecule has 4 N–H and O–H groups in total. The fourth-order valence-corrected chi connectivity index (χ4v) is 3.58. The number of carbonyl (C=O) groups is 1. The van der Waals surface area contributed by atoms with Crippen molar-refractivity contribution in [1.29, 1.82) is 0 Å². The summed E-state index contributed by atoms with van der Waals surface area (Å²) in [5, 5.41) is 25.4. The van der Waals surface area contributed by atoms with Gasteiger partial charge in [-0.25, -0.2) is 4.98 Å². The van der Waals surface area contributed by atoms with Crippen LogP contribution in [0.25, 0.3) is 0 Å². The fourth-order valence-electron chi connectivity index (χ4n) is 3.58. The van der Waals surface area contributed by atoms with E-state index in [9.17, 15) is 9.90 Å². The average Bonchev–Trinajstić information content (AvgIpc) is 2.83. The van der Waals surface area contributed by atoms with Gasteiger partial charge in [-0.05, 0) is 42.8 Å². The first kappa shape index (κ1) is 18.7. The van der Waals surface area contributed by atoms with Crippen molar-refractivity contribution >= 4 is 29.2 Å². The summed E-state index contributed by atoms with van der Waals surface area (Å²) in [5.74, 6) is -0.247. The molecule has 0 atom stereocenters. The quantitative estimate of drug-likeness (QED) is 0.417. The number of pyridine rings is 1. The van der Waals surface area contributed by atoms with Crippen LogP contribution in [0.3, 0.4) is 0 Å². The summed E-state index contributed by atoms with van der Waals surface area (Å²) >= 11 is 0. The van der Waals surface area contributed by atoms with Crippen LogP contribution in [0.4, 0.5) is 23.3 Å². The molecule has 1 aromatic carbocycles. The van der Waals surface area contributed by atoms with Crippen LogP contribution in [0.5, 0.6) is 5.75 Å². The summed E-state index contributed by atoms with van der Waals surface area (Å²) in [7, 11) is 3.61. The molecule has 33 heavy (non-hydrogen) atoms. The number of aliphatic hydroxyl groups excluding tert-OH is 1. The SMILES string of the molecule is [2H]C([2H])([2H])NC(=O)c1nnc(Nc2cc3c(cc2OC)CCN(C)C3)nc1Nc1ncccc1CO. The molecule has 0 radical (unpaired) electrons. The third-order valence-electron chi connectivity index (χ3n) is 5.29. The standard InChI is InChI=1S/C22H26N8O3/c1-23-21(32)18-20(26-19-14(12-31)5-4-7-24-19)27-22(29-28-18)25-16-9-15-11-30(2)8-6-13(15)10-17(16)33-3/h4-5,7,9-10,31H,6,8,11-12H2,1-3H3,(H,23,32)(H2,24,25,26,27,29)/i1D3. The van der Waals surface area contributed by atoms with Gasteiger partial charge in [-0.2, -0.15) is 4.98 Å². The van der Waals surface area contributed by atoms with Crippen LogP contribution in [0.2, 0.25) is 0 Å². The number of anilines is 4. The maximum absolute atomic E-state index is 12.6. The van der Waals surface area contributed by atoms with Crippen LogP contribution < -0.4 is 20.7 Å². The van der Waals surface area contributed by atoms with Crippen LogP contribution in [0.1, 0.15) is 31.3 Å². The minimum atomic E-state index is -2.74. The van der Waals surface area contributed by atoms with Crippen LogP contribution in [0.15, 0.2) is 30.5 Å². The molecule has 2 aromatic heterocycles. The van der Waals surface area contributed by atoms with E-state index in [1.165, 1.54) is 11.8 Å². The van der Waals surface area contributed by atoms with Crippen LogP contribution in [0, 0.1) is 0 Å². The molecular weight excluding hydrogens is 424 g/mol. The van der Waals surface area contributed by atoms with Gasteiger partial charge in [0.05, 0.1) is 19.4 Å². The van der Waals surface area contributed by atoms with Crippen LogP contribution in [-0.2, 0) is 19.6 Å². The van der Waals surface area contributed by atoms with Crippen molar-refractivity contribution in [2.24, 2.45) is 0 Å². The Morgan fingerprint density at radius 1 is 1.27 bits per heavy atom. The molecule has 1 aliphatic heterocycles. The molecule has 4 rings (SSSR count). The van der Waals surface area contributed by atoms with Crippen LogP contribution in [-0.4, -0.2) is 63.8 Å². The Balaban J connectivity index is 1.71. The Morgan fingerprint density at radius 2 is 2.15 bits per heavy atom. The summed E-state index contributed by atoms with van der Waals surface area (Å²) in [6.07, 6.45) is 2.39. The Bertz CT molecular complexity index is 1270. The van der Waals surface area contributed by atoms with Gasteiger partial charge in [-0.3, -0.25) is 4.79 Å². The van der Waals surface area contributed by atoms with Gasteiger partial charge in [0, 0.05) is 35.9 Å². The van der Waals surface area contributed by atoms with Gasteiger partial charge in [0.15, 0.2) is 11.5 Å². The zero-order valence-electron chi connectivity index (χ0n) is 21.2. The van der Waals surface area contributed by atoms with Crippen molar-refractivity contribution in [3.8, 4) is 5.75 Å². The van der Waals surface area contributed by atoms with E-state index in [1.54, 1.807) is 19.2 Å². The van der Waals surface area contributed by atoms with Gasteiger partial charge in [0.2, 0.25) is 5.95 Å². The number of nitrogens with zero attached hydrogens (tertiary/aromatic N) is 5. The third kappa shape index (κ3) is 4.83. The molecule has 0 unspecified atom stereocenters. The van der Waals surface area contributed by atoms with Gasteiger partial charge in [-0.1, -0.05) is 6.07 Å². The lowest BCUT2D eigenvalue weighted by Gasteiger charge is -2.26. The number of aliphatic hydroxyl groups is 1. The summed E-state index contributed by atoms with van der Waals surface area (Å²) < 4.78 is 27.5. The molecule has 11 heteroatoms. The topological polar surface area (TPSA) is 137 Å². The number of nitrogens with one attached hydrogen (secondary N) is 3. The van der Waals surface area contributed by atoms with Crippen molar-refractivity contribution in [3.05, 3.63) is 52.8 Å². The number of ether oxygens (including phenoxy) is 1. The number of methoxy groups -OCH3 is 1. The molecule has 0 saturated carbocycles. The maximum atomic E-state index is 12.6. The Labute approximate surface area is 195 Å². The van der Waals surface area contributed by atoms with Gasteiger partial charge < -0.3 is 30.7 Å². The first-order chi connectivity index (χ1) is 17.2. The summed E-state index contributed by atoms with van der Waals surface area (Å²) in [6.45, 7) is -1.33. The van der Waals surface area contributed by atoms with E-state index in [0.29, 0.717) is 17.0 Å². The Morgan fingerprint density at radius 3 is 2.94 bits per heavy atom. The zero-order valence-corrected chi connectivity index (χ0v) is 18.2. The fraction of sp³-hybridized carbons (Fsp3) is 0.318. The van der Waals surface area contributed by atoms with Crippen molar-refractivity contribution in [3.63, 3.8) is 0 Å². The van der Waals surface area contributed by atoms with Gasteiger partial charge in [0.1, 0.15) is 11.6 Å². The first-order valence-electron chi connectivity index (χ1n) is 11.7. The number of likely N-dealkylation sites (N-methyl/N-ethyl adjacent to an activating group) is 1. The van der Waals surface area contributed by atoms with E-state index in [-0.39, 0.29) is 29.9 Å². The van der Waals surface area contributed by atoms with Crippen LogP contribution >= 0.6 is 0 Å². The van der Waals surface area contributed by atoms with E-state index < -0.39 is 12.9 Å². The highest BCUT2D eigenvalue weighted by Gasteiger charge is 2.20. The van der Waals surface area contributed by atoms with E-state index in [0.717, 1.165) is 25.1 Å². The lowest BCUT2D eigenvalue weighted by Crippen LogP contribution is -2.26. The second kappa shape index (κ2) is 9.76. The molecular formula is C22H26N8O3. The average molecular weight is 454 g/mol. The molecule has 0 aliphatic carbocycles. The lowest BCUT2D eigenvalue weighted by atomic mass is 9.99. The molecule has 11 nitrogen and oxygen atoms in total. The largest absolute Gasteiger partial charge is 0.495 e. The molecule has 1 amide bonds. The first-order valence-corrected chi connectivity index (χ1v) is 10.2. The Kier molecular flexibility index (Phi) is 5.53. The lowest BCUT2D eigenvalue weighted by molar-refractivity contribution is 0.0957. The number of amides is 1. The summed E-state index contributed by atoms with van der Waals surface area (Å²) in [4.78, 5) is 23.4. The summed E-state index contributed by atoms with van der Waals surface area (Å²) in [6, 6.07) is 7.21. The molecule has 0 bridgehead atoms. The highest BCUT2D eigenvalue weighted by Crippen LogP contribution is 2.33. The monoisotopic (exact) mass is 453 g/mol. The minimum Gasteiger partial charge on any atom is -0.495 e. The highest BCUT2D eigenvalue weighted by atomic mass is 16.5. The zero-order chi connectivity index (χ0) is 25.9. The number of benzene rings is 1. The maximum Gasteiger partial charge on any atom is 0.275 e. The van der Waals surface area contributed by atoms with Crippen molar-refractivity contribution in [2.45, 2.75) is 19.6 Å². The smallest absolute Gasteiger partial charge is 0.275 e. The molecule has 3 aromatic rings. The van der Waals surface area contributed by atoms with Crippen molar-refractivity contribution in [1.82, 2.24) is 30.4 Å². The van der Waals surface area contributed by atoms with Gasteiger partial charge >= 0.3 is 0 Å². The summed E-state index contributed by atoms with van der Waals surface area (Å²) in [5.41, 5.74) is 3.01. The predicted molar refractivity (Wildman–Crippen MR) is 123 cm³/mol. The number of fused-ring (bicyclic) bond motifs is 1. The molecule has 0 saturated heterocycles. The van der Waals surface area contributed by atoms with E-state index in [4.69, 9.17) is 8.85 Å². The van der Waals surface area contributed by atoms with Crippen molar-refractivity contribution < 1.29 is 18.8 Å². The molecule has 1 aliphatic rings. The second-order valence-corrected chi connectivity index (χ2v) is 7.51.